The van der Waals surface area contributed by atoms with Crippen LogP contribution in [0.25, 0.3) is 11.3 Å². The number of hydrogen-bond acceptors (Lipinski definition) is 6. The standard InChI is InChI=1S/C36H42N4O5/c1-36(2,3)45-35(43)38-20-21-39(29(23-38)22-26-14-8-5-9-15-26)34(42)31-32(27-16-10-6-11-17-27)40(25-37-31)30(24-44-4)33(41)28-18-12-7-13-19-28/h5-19,25,29-30,33,41H,20-24H2,1-4H3/t29-,30+,33+/m1/s1. The van der Waals surface area contributed by atoms with Crippen molar-refractivity contribution in [2.45, 2.75) is 51.0 Å². The van der Waals surface area contributed by atoms with Crippen LogP contribution in [0.2, 0.25) is 0 Å². The first kappa shape index (κ1) is 31.9. The highest BCUT2D eigenvalue weighted by Gasteiger charge is 2.37. The predicted molar refractivity (Wildman–Crippen MR) is 173 cm³/mol. The van der Waals surface area contributed by atoms with E-state index in [9.17, 15) is 14.7 Å². The van der Waals surface area contributed by atoms with Crippen LogP contribution in [0.1, 0.15) is 54.5 Å². The SMILES string of the molecule is COC[C@@H]([C@@H](O)c1ccccc1)n1cnc(C(=O)N2CCN(C(=O)OC(C)(C)C)C[C@H]2Cc2ccccc2)c1-c1ccccc1. The quantitative estimate of drug-likeness (QED) is 0.258. The molecule has 5 rings (SSSR count). The van der Waals surface area contributed by atoms with Crippen LogP contribution in [0.5, 0.6) is 0 Å². The summed E-state index contributed by atoms with van der Waals surface area (Å²) in [6.07, 6.45) is 0.883. The Morgan fingerprint density at radius 1 is 0.933 bits per heavy atom. The molecule has 1 aliphatic rings. The van der Waals surface area contributed by atoms with Crippen LogP contribution in [0.4, 0.5) is 4.79 Å². The topological polar surface area (TPSA) is 97.1 Å². The van der Waals surface area contributed by atoms with Gasteiger partial charge in [-0.05, 0) is 38.3 Å². The number of aromatic nitrogens is 2. The van der Waals surface area contributed by atoms with Gasteiger partial charge in [-0.2, -0.15) is 0 Å². The minimum Gasteiger partial charge on any atom is -0.444 e. The van der Waals surface area contributed by atoms with Crippen molar-refractivity contribution in [3.05, 3.63) is 114 Å². The van der Waals surface area contributed by atoms with Crippen LogP contribution in [0.15, 0.2) is 97.3 Å². The van der Waals surface area contributed by atoms with Gasteiger partial charge in [0.1, 0.15) is 11.7 Å². The van der Waals surface area contributed by atoms with E-state index in [0.717, 1.165) is 16.7 Å². The molecule has 9 heteroatoms. The summed E-state index contributed by atoms with van der Waals surface area (Å²) in [6, 6.07) is 28.1. The zero-order valence-electron chi connectivity index (χ0n) is 26.4. The summed E-state index contributed by atoms with van der Waals surface area (Å²) in [7, 11) is 1.59. The fraction of sp³-hybridized carbons (Fsp3) is 0.361. The fourth-order valence-corrected chi connectivity index (χ4v) is 5.83. The summed E-state index contributed by atoms with van der Waals surface area (Å²) in [4.78, 5) is 35.8. The van der Waals surface area contributed by atoms with Crippen molar-refractivity contribution < 1.29 is 24.2 Å². The van der Waals surface area contributed by atoms with Gasteiger partial charge in [0.05, 0.1) is 30.7 Å². The second-order valence-electron chi connectivity index (χ2n) is 12.4. The molecule has 1 N–H and O–H groups in total. The second kappa shape index (κ2) is 14.1. The number of imidazole rings is 1. The molecule has 0 aliphatic carbocycles. The minimum absolute atomic E-state index is 0.199. The van der Waals surface area contributed by atoms with Gasteiger partial charge < -0.3 is 28.9 Å². The maximum absolute atomic E-state index is 14.6. The first-order chi connectivity index (χ1) is 21.7. The smallest absolute Gasteiger partial charge is 0.410 e. The molecule has 1 aromatic heterocycles. The van der Waals surface area contributed by atoms with Crippen molar-refractivity contribution in [2.75, 3.05) is 33.4 Å². The third-order valence-corrected chi connectivity index (χ3v) is 7.95. The first-order valence-electron chi connectivity index (χ1n) is 15.3. The molecule has 236 valence electrons. The zero-order valence-corrected chi connectivity index (χ0v) is 26.4. The van der Waals surface area contributed by atoms with E-state index in [-0.39, 0.29) is 30.3 Å². The first-order valence-corrected chi connectivity index (χ1v) is 15.3. The average molecular weight is 611 g/mol. The van der Waals surface area contributed by atoms with Crippen LogP contribution in [0, 0.1) is 0 Å². The number of piperazine rings is 1. The highest BCUT2D eigenvalue weighted by atomic mass is 16.6. The number of nitrogens with zero attached hydrogens (tertiary/aromatic N) is 4. The van der Waals surface area contributed by atoms with Gasteiger partial charge in [-0.1, -0.05) is 91.0 Å². The third-order valence-electron chi connectivity index (χ3n) is 7.95. The Morgan fingerprint density at radius 2 is 1.56 bits per heavy atom. The van der Waals surface area contributed by atoms with Crippen molar-refractivity contribution in [3.63, 3.8) is 0 Å². The van der Waals surface area contributed by atoms with Gasteiger partial charge in [-0.25, -0.2) is 9.78 Å². The Kier molecular flexibility index (Phi) is 10.0. The van der Waals surface area contributed by atoms with E-state index in [1.165, 1.54) is 0 Å². The number of ether oxygens (including phenoxy) is 2. The Morgan fingerprint density at radius 3 is 2.18 bits per heavy atom. The number of benzene rings is 3. The average Bonchev–Trinajstić information content (AvgIpc) is 3.48. The summed E-state index contributed by atoms with van der Waals surface area (Å²) < 4.78 is 13.1. The van der Waals surface area contributed by atoms with Gasteiger partial charge >= 0.3 is 6.09 Å². The van der Waals surface area contributed by atoms with Crippen molar-refractivity contribution >= 4 is 12.0 Å². The molecule has 0 bridgehead atoms. The fourth-order valence-electron chi connectivity index (χ4n) is 5.83. The molecule has 3 atom stereocenters. The van der Waals surface area contributed by atoms with Crippen molar-refractivity contribution in [2.24, 2.45) is 0 Å². The molecule has 0 unspecified atom stereocenters. The van der Waals surface area contributed by atoms with Crippen LogP contribution in [-0.4, -0.2) is 81.5 Å². The number of aliphatic hydroxyl groups excluding tert-OH is 1. The van der Waals surface area contributed by atoms with Crippen molar-refractivity contribution in [1.29, 1.82) is 0 Å². The van der Waals surface area contributed by atoms with E-state index in [2.05, 4.69) is 0 Å². The number of methoxy groups -OCH3 is 1. The molecule has 0 saturated carbocycles. The van der Waals surface area contributed by atoms with Gasteiger partial charge in [-0.15, -0.1) is 0 Å². The van der Waals surface area contributed by atoms with Crippen LogP contribution in [-0.2, 0) is 15.9 Å². The van der Waals surface area contributed by atoms with E-state index in [1.807, 2.05) is 121 Å². The van der Waals surface area contributed by atoms with Gasteiger partial charge in [0.25, 0.3) is 5.91 Å². The van der Waals surface area contributed by atoms with Crippen molar-refractivity contribution in [1.82, 2.24) is 19.4 Å². The largest absolute Gasteiger partial charge is 0.444 e. The molecule has 45 heavy (non-hydrogen) atoms. The molecular formula is C36H42N4O5. The zero-order chi connectivity index (χ0) is 32.0. The number of carbonyl (C=O) groups excluding carboxylic acids is 2. The predicted octanol–water partition coefficient (Wildman–Crippen LogP) is 5.78. The summed E-state index contributed by atoms with van der Waals surface area (Å²) in [6.45, 7) is 6.73. The number of aliphatic hydroxyl groups is 1. The van der Waals surface area contributed by atoms with E-state index < -0.39 is 17.7 Å². The molecule has 2 heterocycles. The van der Waals surface area contributed by atoms with Crippen molar-refractivity contribution in [3.8, 4) is 11.3 Å². The Bertz CT molecular complexity index is 1550. The van der Waals surface area contributed by atoms with Crippen LogP contribution < -0.4 is 0 Å². The van der Waals surface area contributed by atoms with E-state index >= 15 is 0 Å². The lowest BCUT2D eigenvalue weighted by Gasteiger charge is -2.41. The Hall–Kier alpha value is -4.47. The third kappa shape index (κ3) is 7.61. The number of rotatable bonds is 9. The monoisotopic (exact) mass is 610 g/mol. The van der Waals surface area contributed by atoms with Gasteiger partial charge in [0.15, 0.2) is 5.69 Å². The molecule has 3 aromatic carbocycles. The van der Waals surface area contributed by atoms with Gasteiger partial charge in [0.2, 0.25) is 0 Å². The van der Waals surface area contributed by atoms with E-state index in [1.54, 1.807) is 18.3 Å². The van der Waals surface area contributed by atoms with E-state index in [0.29, 0.717) is 31.7 Å². The lowest BCUT2D eigenvalue weighted by Crippen LogP contribution is -2.58. The summed E-state index contributed by atoms with van der Waals surface area (Å²) in [5.41, 5.74) is 2.86. The number of amides is 2. The maximum Gasteiger partial charge on any atom is 0.410 e. The Balaban J connectivity index is 1.53. The molecule has 0 radical (unpaired) electrons. The lowest BCUT2D eigenvalue weighted by molar-refractivity contribution is 0.00428. The molecule has 0 spiro atoms. The van der Waals surface area contributed by atoms with Crippen LogP contribution in [0.3, 0.4) is 0 Å². The lowest BCUT2D eigenvalue weighted by atomic mass is 10.00. The summed E-state index contributed by atoms with van der Waals surface area (Å²) >= 11 is 0. The normalized spacial score (nSPS) is 16.7. The molecular weight excluding hydrogens is 568 g/mol. The van der Waals surface area contributed by atoms with Gasteiger partial charge in [-0.3, -0.25) is 4.79 Å². The van der Waals surface area contributed by atoms with Crippen LogP contribution >= 0.6 is 0 Å². The van der Waals surface area contributed by atoms with E-state index in [4.69, 9.17) is 14.5 Å². The highest BCUT2D eigenvalue weighted by molar-refractivity contribution is 5.98. The highest BCUT2D eigenvalue weighted by Crippen LogP contribution is 2.34. The second-order valence-corrected chi connectivity index (χ2v) is 12.4. The molecule has 4 aromatic rings. The van der Waals surface area contributed by atoms with Gasteiger partial charge in [0, 0.05) is 32.3 Å². The Labute approximate surface area is 265 Å². The maximum atomic E-state index is 14.6. The minimum atomic E-state index is -0.908. The number of carbonyl (C=O) groups is 2. The summed E-state index contributed by atoms with van der Waals surface area (Å²) in [5.74, 6) is -0.234. The molecule has 1 aliphatic heterocycles. The molecule has 1 saturated heterocycles. The molecule has 2 amide bonds. The summed E-state index contributed by atoms with van der Waals surface area (Å²) in [5, 5.41) is 11.5. The molecule has 9 nitrogen and oxygen atoms in total. The number of hydrogen-bond donors (Lipinski definition) is 1. The molecule has 1 fully saturated rings.